The molecule has 0 bridgehead atoms. The third kappa shape index (κ3) is 6.07. The van der Waals surface area contributed by atoms with Gasteiger partial charge < -0.3 is 19.6 Å². The second-order valence-corrected chi connectivity index (χ2v) is 8.24. The Hall–Kier alpha value is -1.39. The summed E-state index contributed by atoms with van der Waals surface area (Å²) >= 11 is 6.05. The molecule has 1 N–H and O–H groups in total. The zero-order valence-corrected chi connectivity index (χ0v) is 20.5. The molecule has 1 aromatic carbocycles. The van der Waals surface area contributed by atoms with Gasteiger partial charge in [-0.15, -0.1) is 24.0 Å². The van der Waals surface area contributed by atoms with Crippen LogP contribution >= 0.6 is 35.6 Å². The predicted octanol–water partition coefficient (Wildman–Crippen LogP) is 3.89. The van der Waals surface area contributed by atoms with Crippen LogP contribution in [-0.2, 0) is 6.54 Å². The minimum absolute atomic E-state index is 0. The van der Waals surface area contributed by atoms with Crippen molar-refractivity contribution in [3.63, 3.8) is 0 Å². The van der Waals surface area contributed by atoms with Crippen molar-refractivity contribution >= 4 is 41.5 Å². The largest absolute Gasteiger partial charge is 0.357 e. The van der Waals surface area contributed by atoms with Crippen molar-refractivity contribution < 1.29 is 4.52 Å². The van der Waals surface area contributed by atoms with Crippen molar-refractivity contribution in [3.05, 3.63) is 35.2 Å². The number of hydrogen-bond acceptors (Lipinski definition) is 5. The third-order valence-electron chi connectivity index (χ3n) is 5.55. The Balaban J connectivity index is 0.00000256. The topological polar surface area (TPSA) is 69.8 Å². The first-order chi connectivity index (χ1) is 14.2. The van der Waals surface area contributed by atoms with Crippen molar-refractivity contribution in [2.75, 3.05) is 39.3 Å². The van der Waals surface area contributed by atoms with E-state index in [9.17, 15) is 0 Å². The Bertz CT molecular complexity index is 838. The highest BCUT2D eigenvalue weighted by Gasteiger charge is 2.27. The molecule has 2 fully saturated rings. The van der Waals surface area contributed by atoms with Gasteiger partial charge in [-0.1, -0.05) is 28.9 Å². The third-order valence-corrected chi connectivity index (χ3v) is 5.79. The fourth-order valence-corrected chi connectivity index (χ4v) is 4.33. The Labute approximate surface area is 200 Å². The molecule has 0 radical (unpaired) electrons. The summed E-state index contributed by atoms with van der Waals surface area (Å²) in [5.41, 5.74) is 0.840. The number of nitrogens with one attached hydrogen (secondary N) is 1. The first-order valence-corrected chi connectivity index (χ1v) is 10.9. The van der Waals surface area contributed by atoms with Gasteiger partial charge >= 0.3 is 0 Å². The van der Waals surface area contributed by atoms with Crippen molar-refractivity contribution in [2.24, 2.45) is 10.9 Å². The maximum absolute atomic E-state index is 6.05. The Morgan fingerprint density at radius 2 is 2.13 bits per heavy atom. The zero-order valence-electron chi connectivity index (χ0n) is 17.4. The molecule has 2 aromatic rings. The molecule has 4 rings (SSSR count). The second-order valence-electron chi connectivity index (χ2n) is 7.80. The summed E-state index contributed by atoms with van der Waals surface area (Å²) in [5, 5.41) is 8.13. The van der Waals surface area contributed by atoms with Gasteiger partial charge in [-0.25, -0.2) is 4.99 Å². The predicted molar refractivity (Wildman–Crippen MR) is 130 cm³/mol. The molecule has 7 nitrogen and oxygen atoms in total. The van der Waals surface area contributed by atoms with Crippen LogP contribution < -0.4 is 5.32 Å². The van der Waals surface area contributed by atoms with Gasteiger partial charge in [0.25, 0.3) is 0 Å². The molecule has 164 valence electrons. The molecular weight excluding hydrogens is 515 g/mol. The first kappa shape index (κ1) is 23.3. The molecule has 1 unspecified atom stereocenters. The van der Waals surface area contributed by atoms with Gasteiger partial charge in [0.1, 0.15) is 6.54 Å². The number of hydrogen-bond donors (Lipinski definition) is 1. The van der Waals surface area contributed by atoms with Crippen LogP contribution in [0.2, 0.25) is 5.02 Å². The highest BCUT2D eigenvalue weighted by atomic mass is 127. The van der Waals surface area contributed by atoms with Crippen LogP contribution in [0.3, 0.4) is 0 Å². The summed E-state index contributed by atoms with van der Waals surface area (Å²) in [4.78, 5) is 14.2. The van der Waals surface area contributed by atoms with Crippen molar-refractivity contribution in [2.45, 2.75) is 32.7 Å². The van der Waals surface area contributed by atoms with Gasteiger partial charge in [-0.2, -0.15) is 4.98 Å². The Kier molecular flexibility index (Phi) is 8.76. The van der Waals surface area contributed by atoms with Crippen LogP contribution in [0.5, 0.6) is 0 Å². The van der Waals surface area contributed by atoms with Gasteiger partial charge in [0.15, 0.2) is 5.96 Å². The lowest BCUT2D eigenvalue weighted by molar-refractivity contribution is 0.281. The van der Waals surface area contributed by atoms with E-state index in [4.69, 9.17) is 21.1 Å². The highest BCUT2D eigenvalue weighted by molar-refractivity contribution is 14.0. The number of aliphatic imine (C=N–C) groups is 1. The van der Waals surface area contributed by atoms with Gasteiger partial charge in [0.2, 0.25) is 11.7 Å². The van der Waals surface area contributed by atoms with Gasteiger partial charge in [0, 0.05) is 36.8 Å². The van der Waals surface area contributed by atoms with Gasteiger partial charge in [0.05, 0.1) is 0 Å². The fourth-order valence-electron chi connectivity index (χ4n) is 4.14. The van der Waals surface area contributed by atoms with Crippen LogP contribution in [0, 0.1) is 5.92 Å². The van der Waals surface area contributed by atoms with E-state index in [-0.39, 0.29) is 24.0 Å². The molecule has 0 amide bonds. The van der Waals surface area contributed by atoms with Crippen LogP contribution in [0.1, 0.15) is 32.1 Å². The molecule has 0 saturated carbocycles. The number of rotatable bonds is 6. The van der Waals surface area contributed by atoms with E-state index >= 15 is 0 Å². The summed E-state index contributed by atoms with van der Waals surface area (Å²) in [6.07, 6.45) is 3.92. The number of nitrogens with zero attached hydrogens (tertiary/aromatic N) is 5. The van der Waals surface area contributed by atoms with Crippen LogP contribution in [0.4, 0.5) is 0 Å². The molecule has 2 aliphatic rings. The lowest BCUT2D eigenvalue weighted by atomic mass is 10.1. The van der Waals surface area contributed by atoms with E-state index in [1.54, 1.807) is 0 Å². The normalized spacial score (nSPS) is 19.9. The average Bonchev–Trinajstić information content (AvgIpc) is 3.48. The fraction of sp³-hybridized carbons (Fsp3) is 0.571. The quantitative estimate of drug-likeness (QED) is 0.338. The molecule has 2 aliphatic heterocycles. The minimum atomic E-state index is 0. The van der Waals surface area contributed by atoms with E-state index in [1.165, 1.54) is 38.9 Å². The number of benzene rings is 1. The van der Waals surface area contributed by atoms with E-state index in [0.29, 0.717) is 23.3 Å². The standard InChI is InChI=1S/C21H29ClN6O.HI/c1-2-23-21(28-11-8-16(15-28)14-27-9-3-4-10-27)24-13-19-25-20(26-29-19)17-6-5-7-18(22)12-17;/h5-7,12,16H,2-4,8-11,13-15H2,1H3,(H,23,24);1H. The van der Waals surface area contributed by atoms with Crippen molar-refractivity contribution in [3.8, 4) is 11.4 Å². The summed E-state index contributed by atoms with van der Waals surface area (Å²) in [6, 6.07) is 7.44. The highest BCUT2D eigenvalue weighted by Crippen LogP contribution is 2.21. The lowest BCUT2D eigenvalue weighted by Crippen LogP contribution is -2.40. The van der Waals surface area contributed by atoms with Gasteiger partial charge in [-0.3, -0.25) is 0 Å². The maximum atomic E-state index is 6.05. The summed E-state index contributed by atoms with van der Waals surface area (Å²) in [5.74, 6) is 2.69. The van der Waals surface area contributed by atoms with E-state index in [1.807, 2.05) is 24.3 Å². The zero-order chi connectivity index (χ0) is 20.1. The molecule has 30 heavy (non-hydrogen) atoms. The number of guanidine groups is 1. The molecule has 1 atom stereocenters. The molecular formula is C21H30ClIN6O. The number of halogens is 2. The maximum Gasteiger partial charge on any atom is 0.248 e. The SMILES string of the molecule is CCNC(=NCc1nc(-c2cccc(Cl)c2)no1)N1CCC(CN2CCCC2)C1.I. The minimum Gasteiger partial charge on any atom is -0.357 e. The van der Waals surface area contributed by atoms with E-state index in [0.717, 1.165) is 37.1 Å². The summed E-state index contributed by atoms with van der Waals surface area (Å²) in [7, 11) is 0. The van der Waals surface area contributed by atoms with E-state index in [2.05, 4.69) is 32.2 Å². The summed E-state index contributed by atoms with van der Waals surface area (Å²) < 4.78 is 5.40. The monoisotopic (exact) mass is 544 g/mol. The van der Waals surface area contributed by atoms with Crippen LogP contribution in [0.25, 0.3) is 11.4 Å². The average molecular weight is 545 g/mol. The molecule has 0 spiro atoms. The molecule has 9 heteroatoms. The van der Waals surface area contributed by atoms with Crippen LogP contribution in [-0.4, -0.2) is 65.2 Å². The molecule has 1 aromatic heterocycles. The number of likely N-dealkylation sites (tertiary alicyclic amines) is 2. The second kappa shape index (κ2) is 11.3. The van der Waals surface area contributed by atoms with Crippen LogP contribution in [0.15, 0.2) is 33.8 Å². The van der Waals surface area contributed by atoms with Crippen molar-refractivity contribution in [1.29, 1.82) is 0 Å². The molecule has 2 saturated heterocycles. The Morgan fingerprint density at radius 3 is 2.90 bits per heavy atom. The van der Waals surface area contributed by atoms with Crippen molar-refractivity contribution in [1.82, 2.24) is 25.3 Å². The molecule has 0 aliphatic carbocycles. The number of aromatic nitrogens is 2. The van der Waals surface area contributed by atoms with Gasteiger partial charge in [-0.05, 0) is 57.3 Å². The molecule has 3 heterocycles. The smallest absolute Gasteiger partial charge is 0.248 e. The summed E-state index contributed by atoms with van der Waals surface area (Å²) in [6.45, 7) is 9.13. The van der Waals surface area contributed by atoms with E-state index < -0.39 is 0 Å². The first-order valence-electron chi connectivity index (χ1n) is 10.6. The Morgan fingerprint density at radius 1 is 1.30 bits per heavy atom. The lowest BCUT2D eigenvalue weighted by Gasteiger charge is -2.23.